The fraction of sp³-hybridized carbons (Fsp3) is 0.435. The molecule has 3 N–H and O–H groups in total. The van der Waals surface area contributed by atoms with Crippen molar-refractivity contribution in [1.82, 2.24) is 20.1 Å². The summed E-state index contributed by atoms with van der Waals surface area (Å²) in [6.07, 6.45) is 9.25. The van der Waals surface area contributed by atoms with Gasteiger partial charge in [-0.25, -0.2) is 9.67 Å². The highest BCUT2D eigenvalue weighted by Crippen LogP contribution is 2.30. The van der Waals surface area contributed by atoms with E-state index in [1.165, 1.54) is 19.3 Å². The topological polar surface area (TPSA) is 92.1 Å². The van der Waals surface area contributed by atoms with Crippen LogP contribution in [0.2, 0.25) is 0 Å². The minimum absolute atomic E-state index is 0.176. The fourth-order valence-corrected chi connectivity index (χ4v) is 4.19. The number of hydrogen-bond donors (Lipinski definition) is 3. The number of aryl methyl sites for hydroxylation is 1. The third-order valence-electron chi connectivity index (χ3n) is 5.85. The average molecular weight is 408 g/mol. The van der Waals surface area contributed by atoms with E-state index in [-0.39, 0.29) is 12.5 Å². The summed E-state index contributed by atoms with van der Waals surface area (Å²) >= 11 is 0. The van der Waals surface area contributed by atoms with Crippen LogP contribution in [0, 0.1) is 0 Å². The van der Waals surface area contributed by atoms with E-state index in [4.69, 9.17) is 0 Å². The molecule has 3 aromatic rings. The van der Waals surface area contributed by atoms with Crippen molar-refractivity contribution in [3.8, 4) is 0 Å². The lowest BCUT2D eigenvalue weighted by molar-refractivity contribution is 0.0916. The summed E-state index contributed by atoms with van der Waals surface area (Å²) in [5.41, 5.74) is 2.91. The van der Waals surface area contributed by atoms with Crippen molar-refractivity contribution < 1.29 is 9.90 Å². The van der Waals surface area contributed by atoms with Crippen LogP contribution < -0.4 is 10.6 Å². The molecule has 0 aliphatic heterocycles. The lowest BCUT2D eigenvalue weighted by Crippen LogP contribution is -2.32. The summed E-state index contributed by atoms with van der Waals surface area (Å²) in [7, 11) is 0. The first kappa shape index (κ1) is 20.3. The lowest BCUT2D eigenvalue weighted by Gasteiger charge is -2.26. The zero-order valence-corrected chi connectivity index (χ0v) is 17.3. The maximum atomic E-state index is 13.2. The molecule has 0 saturated heterocycles. The number of hydrogen-bond acceptors (Lipinski definition) is 5. The van der Waals surface area contributed by atoms with Gasteiger partial charge < -0.3 is 15.7 Å². The first-order valence-corrected chi connectivity index (χ1v) is 10.8. The van der Waals surface area contributed by atoms with Gasteiger partial charge in [0.2, 0.25) is 0 Å². The van der Waals surface area contributed by atoms with Crippen molar-refractivity contribution in [2.24, 2.45) is 0 Å². The van der Waals surface area contributed by atoms with Gasteiger partial charge in [-0.2, -0.15) is 5.10 Å². The Balaban J connectivity index is 1.67. The Morgan fingerprint density at radius 1 is 1.20 bits per heavy atom. The smallest absolute Gasteiger partial charge is 0.255 e. The summed E-state index contributed by atoms with van der Waals surface area (Å²) in [5.74, 6) is -0.255. The van der Waals surface area contributed by atoms with Gasteiger partial charge in [0.25, 0.3) is 5.91 Å². The highest BCUT2D eigenvalue weighted by Gasteiger charge is 2.23. The van der Waals surface area contributed by atoms with E-state index in [9.17, 15) is 9.90 Å². The largest absolute Gasteiger partial charge is 0.394 e. The van der Waals surface area contributed by atoms with Crippen LogP contribution in [0.5, 0.6) is 0 Å². The van der Waals surface area contributed by atoms with E-state index >= 15 is 0 Å². The van der Waals surface area contributed by atoms with Gasteiger partial charge in [0.05, 0.1) is 35.5 Å². The van der Waals surface area contributed by atoms with Crippen molar-refractivity contribution in [2.45, 2.75) is 57.7 Å². The predicted octanol–water partition coefficient (Wildman–Crippen LogP) is 3.66. The Morgan fingerprint density at radius 3 is 2.67 bits per heavy atom. The molecule has 0 radical (unpaired) electrons. The standard InChI is InChI=1S/C23H29N5O2/c1-2-28-22-18(14-25-28)21(26-17-11-7-4-8-12-17)19(13-24-22)23(30)27-20(15-29)16-9-5-3-6-10-16/h3,5-6,9-10,13-14,17,20,29H,2,4,7-8,11-12,15H2,1H3,(H,24,26)(H,27,30)/t20-/m0/s1. The first-order valence-electron chi connectivity index (χ1n) is 10.8. The van der Waals surface area contributed by atoms with Crippen molar-refractivity contribution in [3.63, 3.8) is 0 Å². The van der Waals surface area contributed by atoms with Gasteiger partial charge in [0.1, 0.15) is 0 Å². The first-order chi connectivity index (χ1) is 14.7. The minimum atomic E-state index is -0.477. The Bertz CT molecular complexity index is 996. The summed E-state index contributed by atoms with van der Waals surface area (Å²) in [5, 5.41) is 21.7. The van der Waals surface area contributed by atoms with Crippen LogP contribution >= 0.6 is 0 Å². The number of benzene rings is 1. The van der Waals surface area contributed by atoms with Gasteiger partial charge in [-0.15, -0.1) is 0 Å². The number of carbonyl (C=O) groups is 1. The Kier molecular flexibility index (Phi) is 6.28. The van der Waals surface area contributed by atoms with Crippen LogP contribution in [0.1, 0.15) is 61.0 Å². The Hall–Kier alpha value is -2.93. The van der Waals surface area contributed by atoms with Crippen molar-refractivity contribution in [3.05, 3.63) is 53.9 Å². The molecule has 1 aromatic carbocycles. The minimum Gasteiger partial charge on any atom is -0.394 e. The number of amides is 1. The van der Waals surface area contributed by atoms with E-state index in [0.717, 1.165) is 35.1 Å². The molecule has 30 heavy (non-hydrogen) atoms. The molecule has 2 heterocycles. The van der Waals surface area contributed by atoms with Crippen LogP contribution in [0.4, 0.5) is 5.69 Å². The van der Waals surface area contributed by atoms with Crippen molar-refractivity contribution in [1.29, 1.82) is 0 Å². The molecule has 0 spiro atoms. The van der Waals surface area contributed by atoms with Crippen LogP contribution in [0.15, 0.2) is 42.7 Å². The average Bonchev–Trinajstić information content (AvgIpc) is 3.22. The molecule has 1 aliphatic rings. The van der Waals surface area contributed by atoms with Gasteiger partial charge in [-0.1, -0.05) is 49.6 Å². The third-order valence-corrected chi connectivity index (χ3v) is 5.85. The molecule has 0 unspecified atom stereocenters. The molecular formula is C23H29N5O2. The van der Waals surface area contributed by atoms with Gasteiger partial charge in [-0.3, -0.25) is 4.79 Å². The predicted molar refractivity (Wildman–Crippen MR) is 117 cm³/mol. The van der Waals surface area contributed by atoms with Crippen LogP contribution in [0.25, 0.3) is 11.0 Å². The van der Waals surface area contributed by atoms with Crippen LogP contribution in [-0.4, -0.2) is 38.4 Å². The second kappa shape index (κ2) is 9.26. The number of pyridine rings is 1. The summed E-state index contributed by atoms with van der Waals surface area (Å²) in [4.78, 5) is 17.8. The molecule has 1 aliphatic carbocycles. The second-order valence-electron chi connectivity index (χ2n) is 7.84. The zero-order valence-electron chi connectivity index (χ0n) is 17.3. The maximum Gasteiger partial charge on any atom is 0.255 e. The molecule has 2 aromatic heterocycles. The SMILES string of the molecule is CCn1ncc2c(NC3CCCCC3)c(C(=O)N[C@@H](CO)c3ccccc3)cnc21. The Morgan fingerprint density at radius 2 is 1.97 bits per heavy atom. The lowest BCUT2D eigenvalue weighted by atomic mass is 9.95. The number of aromatic nitrogens is 3. The number of rotatable bonds is 7. The van der Waals surface area contributed by atoms with Crippen molar-refractivity contribution in [2.75, 3.05) is 11.9 Å². The van der Waals surface area contributed by atoms with Crippen LogP contribution in [-0.2, 0) is 6.54 Å². The van der Waals surface area contributed by atoms with Gasteiger partial charge >= 0.3 is 0 Å². The molecule has 1 amide bonds. The maximum absolute atomic E-state index is 13.2. The zero-order chi connectivity index (χ0) is 20.9. The molecule has 0 bridgehead atoms. The molecule has 1 saturated carbocycles. The number of aliphatic hydroxyl groups excluding tert-OH is 1. The van der Waals surface area contributed by atoms with E-state index in [2.05, 4.69) is 20.7 Å². The summed E-state index contributed by atoms with van der Waals surface area (Å²) < 4.78 is 1.84. The number of anilines is 1. The number of fused-ring (bicyclic) bond motifs is 1. The highest BCUT2D eigenvalue weighted by molar-refractivity contribution is 6.06. The van der Waals surface area contributed by atoms with Gasteiger partial charge in [0.15, 0.2) is 5.65 Å². The molecule has 1 atom stereocenters. The monoisotopic (exact) mass is 407 g/mol. The number of nitrogens with zero attached hydrogens (tertiary/aromatic N) is 3. The van der Waals surface area contributed by atoms with Gasteiger partial charge in [0, 0.05) is 18.8 Å². The number of nitrogens with one attached hydrogen (secondary N) is 2. The highest BCUT2D eigenvalue weighted by atomic mass is 16.3. The quantitative estimate of drug-likeness (QED) is 0.556. The summed E-state index contributed by atoms with van der Waals surface area (Å²) in [6.45, 7) is 2.56. The normalized spacial score (nSPS) is 15.8. The van der Waals surface area contributed by atoms with E-state index in [1.54, 1.807) is 12.4 Å². The molecule has 7 heteroatoms. The van der Waals surface area contributed by atoms with E-state index in [0.29, 0.717) is 18.2 Å². The second-order valence-corrected chi connectivity index (χ2v) is 7.84. The number of carbonyl (C=O) groups excluding carboxylic acids is 1. The molecule has 7 nitrogen and oxygen atoms in total. The molecule has 158 valence electrons. The van der Waals surface area contributed by atoms with Crippen molar-refractivity contribution >= 4 is 22.6 Å². The molecule has 4 rings (SSSR count). The molecular weight excluding hydrogens is 378 g/mol. The number of aliphatic hydroxyl groups is 1. The van der Waals surface area contributed by atoms with E-state index < -0.39 is 6.04 Å². The summed E-state index contributed by atoms with van der Waals surface area (Å²) in [6, 6.07) is 9.36. The van der Waals surface area contributed by atoms with Crippen LogP contribution in [0.3, 0.4) is 0 Å². The fourth-order valence-electron chi connectivity index (χ4n) is 4.19. The molecule has 1 fully saturated rings. The Labute approximate surface area is 176 Å². The van der Waals surface area contributed by atoms with E-state index in [1.807, 2.05) is 41.9 Å². The van der Waals surface area contributed by atoms with Gasteiger partial charge in [-0.05, 0) is 25.3 Å². The third kappa shape index (κ3) is 4.16.